The van der Waals surface area contributed by atoms with Crippen molar-refractivity contribution in [2.45, 2.75) is 13.1 Å². The molecule has 0 aliphatic carbocycles. The molecule has 5 nitrogen and oxygen atoms in total. The number of H-pyrrole nitrogens is 1. The summed E-state index contributed by atoms with van der Waals surface area (Å²) in [6.07, 6.45) is 3.16. The van der Waals surface area contributed by atoms with Crippen molar-refractivity contribution < 1.29 is 8.42 Å². The van der Waals surface area contributed by atoms with E-state index >= 15 is 0 Å². The highest BCUT2D eigenvalue weighted by Gasteiger charge is 2.07. The Morgan fingerprint density at radius 1 is 1.32 bits per heavy atom. The first kappa shape index (κ1) is 14.0. The van der Waals surface area contributed by atoms with E-state index in [1.165, 1.54) is 11.8 Å². The number of nitrogens with one attached hydrogen (secondary N) is 2. The molecule has 0 bridgehead atoms. The molecular formula is C13H19N3O2S. The minimum Gasteiger partial charge on any atom is -0.361 e. The van der Waals surface area contributed by atoms with Crippen molar-refractivity contribution in [1.29, 1.82) is 0 Å². The van der Waals surface area contributed by atoms with Gasteiger partial charge in [-0.2, -0.15) is 0 Å². The van der Waals surface area contributed by atoms with E-state index in [2.05, 4.69) is 14.6 Å². The van der Waals surface area contributed by atoms with E-state index in [0.717, 1.165) is 23.0 Å². The predicted octanol–water partition coefficient (Wildman–Crippen LogP) is 1.28. The average Bonchev–Trinajstić information content (AvgIpc) is 2.68. The van der Waals surface area contributed by atoms with Gasteiger partial charge in [-0.05, 0) is 37.4 Å². The second-order valence-electron chi connectivity index (χ2n) is 5.02. The van der Waals surface area contributed by atoms with E-state index < -0.39 is 10.0 Å². The van der Waals surface area contributed by atoms with Crippen LogP contribution in [0.2, 0.25) is 0 Å². The fourth-order valence-electron chi connectivity index (χ4n) is 2.02. The third kappa shape index (κ3) is 3.79. The molecule has 104 valence electrons. The summed E-state index contributed by atoms with van der Waals surface area (Å²) in [4.78, 5) is 5.33. The van der Waals surface area contributed by atoms with Gasteiger partial charge in [-0.3, -0.25) is 0 Å². The summed E-state index contributed by atoms with van der Waals surface area (Å²) < 4.78 is 24.7. The minimum absolute atomic E-state index is 0.321. The van der Waals surface area contributed by atoms with Crippen LogP contribution in [0.5, 0.6) is 0 Å². The molecule has 0 saturated carbocycles. The van der Waals surface area contributed by atoms with E-state index in [0.29, 0.717) is 6.54 Å². The first-order chi connectivity index (χ1) is 8.85. The fourth-order valence-corrected chi connectivity index (χ4v) is 2.45. The number of aromatic nitrogens is 1. The van der Waals surface area contributed by atoms with Gasteiger partial charge in [0.05, 0.1) is 6.26 Å². The number of fused-ring (bicyclic) bond motifs is 1. The van der Waals surface area contributed by atoms with Gasteiger partial charge >= 0.3 is 0 Å². The maximum atomic E-state index is 11.1. The Morgan fingerprint density at radius 3 is 2.68 bits per heavy atom. The van der Waals surface area contributed by atoms with Crippen molar-refractivity contribution in [3.05, 3.63) is 35.5 Å². The molecule has 0 aliphatic heterocycles. The van der Waals surface area contributed by atoms with Crippen LogP contribution in [0.3, 0.4) is 0 Å². The van der Waals surface area contributed by atoms with Crippen LogP contribution >= 0.6 is 0 Å². The first-order valence-electron chi connectivity index (χ1n) is 6.03. The summed E-state index contributed by atoms with van der Waals surface area (Å²) in [7, 11) is 0.886. The first-order valence-corrected chi connectivity index (χ1v) is 7.92. The van der Waals surface area contributed by atoms with Crippen LogP contribution in [0.1, 0.15) is 11.1 Å². The van der Waals surface area contributed by atoms with Crippen molar-refractivity contribution in [3.63, 3.8) is 0 Å². The summed E-state index contributed by atoms with van der Waals surface area (Å²) in [5, 5.41) is 1.14. The Morgan fingerprint density at radius 2 is 2.05 bits per heavy atom. The van der Waals surface area contributed by atoms with Crippen molar-refractivity contribution >= 4 is 20.9 Å². The summed E-state index contributed by atoms with van der Waals surface area (Å²) in [6, 6.07) is 5.94. The van der Waals surface area contributed by atoms with Gasteiger partial charge in [0.1, 0.15) is 0 Å². The molecule has 2 N–H and O–H groups in total. The molecule has 1 aromatic carbocycles. The molecule has 2 rings (SSSR count). The Labute approximate surface area is 113 Å². The number of hydrogen-bond acceptors (Lipinski definition) is 3. The molecule has 0 atom stereocenters. The lowest BCUT2D eigenvalue weighted by Crippen LogP contribution is -2.21. The molecule has 19 heavy (non-hydrogen) atoms. The molecule has 1 aromatic heterocycles. The monoisotopic (exact) mass is 281 g/mol. The molecule has 0 unspecified atom stereocenters. The lowest BCUT2D eigenvalue weighted by molar-refractivity contribution is 0.404. The number of hydrogen-bond donors (Lipinski definition) is 2. The number of nitrogens with zero attached hydrogens (tertiary/aromatic N) is 1. The van der Waals surface area contributed by atoms with Gasteiger partial charge in [-0.15, -0.1) is 0 Å². The summed E-state index contributed by atoms with van der Waals surface area (Å²) in [5.41, 5.74) is 3.23. The Hall–Kier alpha value is -1.37. The van der Waals surface area contributed by atoms with Crippen LogP contribution in [-0.4, -0.2) is 38.7 Å². The van der Waals surface area contributed by atoms with E-state index in [1.54, 1.807) is 0 Å². The quantitative estimate of drug-likeness (QED) is 0.867. The van der Waals surface area contributed by atoms with Crippen LogP contribution in [0.4, 0.5) is 0 Å². The third-order valence-corrected chi connectivity index (χ3v) is 3.53. The van der Waals surface area contributed by atoms with Gasteiger partial charge in [0.15, 0.2) is 0 Å². The molecule has 0 fully saturated rings. The maximum Gasteiger partial charge on any atom is 0.209 e. The van der Waals surface area contributed by atoms with Crippen LogP contribution in [0.15, 0.2) is 24.4 Å². The summed E-state index contributed by atoms with van der Waals surface area (Å²) in [6.45, 7) is 1.17. The predicted molar refractivity (Wildman–Crippen MR) is 77.4 cm³/mol. The zero-order valence-electron chi connectivity index (χ0n) is 11.4. The maximum absolute atomic E-state index is 11.1. The van der Waals surface area contributed by atoms with Gasteiger partial charge in [-0.25, -0.2) is 13.1 Å². The van der Waals surface area contributed by atoms with Crippen LogP contribution < -0.4 is 4.72 Å². The molecule has 0 aliphatic rings. The van der Waals surface area contributed by atoms with Crippen LogP contribution in [0.25, 0.3) is 10.9 Å². The lowest BCUT2D eigenvalue weighted by atomic mass is 10.1. The number of rotatable bonds is 5. The molecule has 6 heteroatoms. The highest BCUT2D eigenvalue weighted by Crippen LogP contribution is 2.20. The Balaban J connectivity index is 2.27. The zero-order valence-corrected chi connectivity index (χ0v) is 12.2. The summed E-state index contributed by atoms with van der Waals surface area (Å²) in [5.74, 6) is 0. The molecular weight excluding hydrogens is 262 g/mol. The van der Waals surface area contributed by atoms with Gasteiger partial charge in [-0.1, -0.05) is 6.07 Å². The van der Waals surface area contributed by atoms with E-state index in [4.69, 9.17) is 0 Å². The smallest absolute Gasteiger partial charge is 0.209 e. The standard InChI is InChI=1S/C13H19N3O2S/c1-16(2)9-11-8-14-13-5-4-10(6-12(11)13)7-15-19(3,17)18/h4-6,8,14-15H,7,9H2,1-3H3. The molecule has 2 aromatic rings. The van der Waals surface area contributed by atoms with Gasteiger partial charge in [0.25, 0.3) is 0 Å². The molecule has 0 amide bonds. The van der Waals surface area contributed by atoms with Crippen molar-refractivity contribution in [3.8, 4) is 0 Å². The highest BCUT2D eigenvalue weighted by molar-refractivity contribution is 7.88. The fraction of sp³-hybridized carbons (Fsp3) is 0.385. The number of aromatic amines is 1. The van der Waals surface area contributed by atoms with E-state index in [1.807, 2.05) is 38.5 Å². The molecule has 0 spiro atoms. The molecule has 1 heterocycles. The van der Waals surface area contributed by atoms with Gasteiger partial charge in [0, 0.05) is 30.2 Å². The largest absolute Gasteiger partial charge is 0.361 e. The minimum atomic E-state index is -3.16. The van der Waals surface area contributed by atoms with Crippen molar-refractivity contribution in [1.82, 2.24) is 14.6 Å². The van der Waals surface area contributed by atoms with Gasteiger partial charge in [0.2, 0.25) is 10.0 Å². The molecule has 0 radical (unpaired) electrons. The SMILES string of the molecule is CN(C)Cc1c[nH]c2ccc(CNS(C)(=O)=O)cc12. The van der Waals surface area contributed by atoms with Crippen molar-refractivity contribution in [2.24, 2.45) is 0 Å². The van der Waals surface area contributed by atoms with Crippen LogP contribution in [-0.2, 0) is 23.1 Å². The third-order valence-electron chi connectivity index (χ3n) is 2.86. The van der Waals surface area contributed by atoms with Crippen molar-refractivity contribution in [2.75, 3.05) is 20.4 Å². The summed E-state index contributed by atoms with van der Waals surface area (Å²) >= 11 is 0. The Kier molecular flexibility index (Phi) is 3.93. The average molecular weight is 281 g/mol. The van der Waals surface area contributed by atoms with Gasteiger partial charge < -0.3 is 9.88 Å². The lowest BCUT2D eigenvalue weighted by Gasteiger charge is -2.08. The van der Waals surface area contributed by atoms with E-state index in [-0.39, 0.29) is 0 Å². The normalized spacial score (nSPS) is 12.4. The van der Waals surface area contributed by atoms with E-state index in [9.17, 15) is 8.42 Å². The zero-order chi connectivity index (χ0) is 14.0. The second kappa shape index (κ2) is 5.32. The second-order valence-corrected chi connectivity index (χ2v) is 6.86. The topological polar surface area (TPSA) is 65.2 Å². The Bertz CT molecular complexity index is 674. The van der Waals surface area contributed by atoms with Crippen LogP contribution in [0, 0.1) is 0 Å². The molecule has 0 saturated heterocycles. The number of benzene rings is 1. The number of sulfonamides is 1. The highest BCUT2D eigenvalue weighted by atomic mass is 32.2.